The molecule has 1 aliphatic rings. The Morgan fingerprint density at radius 1 is 1.29 bits per heavy atom. The van der Waals surface area contributed by atoms with Gasteiger partial charge in [0, 0.05) is 11.1 Å². The van der Waals surface area contributed by atoms with Crippen LogP contribution in [0.3, 0.4) is 0 Å². The van der Waals surface area contributed by atoms with Crippen LogP contribution in [0, 0.1) is 11.3 Å². The predicted molar refractivity (Wildman–Crippen MR) is 110 cm³/mol. The number of ether oxygens (including phenoxy) is 1. The number of β-amino-alcohol motifs (C(OH)–C–C–N with tert-alkyl or cyclic N) is 1. The highest BCUT2D eigenvalue weighted by Gasteiger charge is 2.36. The first kappa shape index (κ1) is 21.7. The number of hydrogen-bond donors (Lipinski definition) is 1. The van der Waals surface area contributed by atoms with Crippen LogP contribution in [-0.2, 0) is 14.3 Å². The number of hydrogen-bond acceptors (Lipinski definition) is 7. The van der Waals surface area contributed by atoms with Gasteiger partial charge in [0.15, 0.2) is 0 Å². The summed E-state index contributed by atoms with van der Waals surface area (Å²) in [4.78, 5) is 37.9. The number of methoxy groups -OCH3 is 1. The zero-order valence-electron chi connectivity index (χ0n) is 17.2. The van der Waals surface area contributed by atoms with Crippen molar-refractivity contribution in [2.45, 2.75) is 20.0 Å². The van der Waals surface area contributed by atoms with Gasteiger partial charge in [-0.2, -0.15) is 5.26 Å². The molecule has 1 aromatic carbocycles. The average Bonchev–Trinajstić information content (AvgIpc) is 3.23. The Bertz CT molecular complexity index is 1160. The molecule has 0 fully saturated rings. The van der Waals surface area contributed by atoms with E-state index in [2.05, 4.69) is 0 Å². The molecule has 0 aliphatic carbocycles. The monoisotopic (exact) mass is 420 g/mol. The molecule has 2 heterocycles. The number of benzene rings is 1. The van der Waals surface area contributed by atoms with Gasteiger partial charge in [-0.05, 0) is 49.8 Å². The maximum absolute atomic E-state index is 12.9. The smallest absolute Gasteiger partial charge is 0.337 e. The molecule has 3 rings (SSSR count). The molecule has 158 valence electrons. The number of furan rings is 1. The Labute approximate surface area is 178 Å². The lowest BCUT2D eigenvalue weighted by molar-refractivity contribution is -0.141. The number of amides is 2. The summed E-state index contributed by atoms with van der Waals surface area (Å²) in [6.45, 7) is 2.74. The summed E-state index contributed by atoms with van der Waals surface area (Å²) in [5.74, 6) is -1.04. The summed E-state index contributed by atoms with van der Waals surface area (Å²) >= 11 is 0. The van der Waals surface area contributed by atoms with Crippen molar-refractivity contribution >= 4 is 23.9 Å². The molecule has 0 spiro atoms. The van der Waals surface area contributed by atoms with Crippen molar-refractivity contribution in [3.05, 3.63) is 64.4 Å². The predicted octanol–water partition coefficient (Wildman–Crippen LogP) is 2.71. The molecular formula is C23H20N2O6. The van der Waals surface area contributed by atoms with Crippen molar-refractivity contribution in [2.24, 2.45) is 0 Å². The minimum atomic E-state index is -0.940. The van der Waals surface area contributed by atoms with Gasteiger partial charge in [0.05, 0.1) is 25.3 Å². The molecule has 1 aromatic heterocycles. The molecule has 1 aliphatic heterocycles. The Morgan fingerprint density at radius 3 is 2.68 bits per heavy atom. The van der Waals surface area contributed by atoms with E-state index in [-0.39, 0.29) is 23.3 Å². The number of carbonyl (C=O) groups is 3. The summed E-state index contributed by atoms with van der Waals surface area (Å²) in [6.07, 6.45) is 0.509. The van der Waals surface area contributed by atoms with Crippen molar-refractivity contribution in [2.75, 3.05) is 13.7 Å². The summed E-state index contributed by atoms with van der Waals surface area (Å²) in [7, 11) is 1.30. The molecule has 0 bridgehead atoms. The van der Waals surface area contributed by atoms with E-state index in [1.54, 1.807) is 36.4 Å². The van der Waals surface area contributed by atoms with E-state index in [0.29, 0.717) is 22.6 Å². The molecule has 2 aromatic rings. The third-order valence-corrected chi connectivity index (χ3v) is 4.75. The van der Waals surface area contributed by atoms with Crippen LogP contribution in [0.4, 0.5) is 0 Å². The Hall–Kier alpha value is -3.96. The van der Waals surface area contributed by atoms with E-state index in [9.17, 15) is 24.8 Å². The van der Waals surface area contributed by atoms with Gasteiger partial charge in [-0.3, -0.25) is 14.5 Å². The highest BCUT2D eigenvalue weighted by atomic mass is 16.5. The first-order chi connectivity index (χ1) is 14.8. The van der Waals surface area contributed by atoms with Gasteiger partial charge in [0.25, 0.3) is 11.8 Å². The number of imide groups is 1. The van der Waals surface area contributed by atoms with Gasteiger partial charge >= 0.3 is 5.97 Å². The van der Waals surface area contributed by atoms with E-state index in [1.807, 2.05) is 6.07 Å². The lowest BCUT2D eigenvalue weighted by Gasteiger charge is -2.28. The molecule has 0 saturated carbocycles. The Balaban J connectivity index is 2.00. The molecule has 1 atom stereocenters. The number of aliphatic hydroxyl groups excluding tert-OH is 1. The molecule has 8 nitrogen and oxygen atoms in total. The topological polar surface area (TPSA) is 121 Å². The number of aliphatic hydroxyl groups is 1. The lowest BCUT2D eigenvalue weighted by atomic mass is 9.94. The van der Waals surface area contributed by atoms with Gasteiger partial charge in [0.1, 0.15) is 23.2 Å². The van der Waals surface area contributed by atoms with Gasteiger partial charge in [-0.25, -0.2) is 4.79 Å². The summed E-state index contributed by atoms with van der Waals surface area (Å²) in [5, 5.41) is 19.0. The van der Waals surface area contributed by atoms with Crippen LogP contribution in [0.25, 0.3) is 17.4 Å². The Kier molecular flexibility index (Phi) is 6.18. The molecule has 31 heavy (non-hydrogen) atoms. The second-order valence-corrected chi connectivity index (χ2v) is 7.01. The van der Waals surface area contributed by atoms with E-state index in [1.165, 1.54) is 27.0 Å². The number of rotatable bonds is 5. The second kappa shape index (κ2) is 8.81. The normalized spacial score (nSPS) is 16.5. The fourth-order valence-electron chi connectivity index (χ4n) is 3.20. The fraction of sp³-hybridized carbons (Fsp3) is 0.217. The zero-order valence-corrected chi connectivity index (χ0v) is 17.2. The Morgan fingerprint density at radius 2 is 2.03 bits per heavy atom. The van der Waals surface area contributed by atoms with Crippen LogP contribution >= 0.6 is 0 Å². The standard InChI is InChI=1S/C23H20N2O6/c1-13(26)12-25-21(27)18(14(2)19(11-24)22(25)28)10-17-7-8-20(31-17)15-5-4-6-16(9-15)23(29)30-3/h4-10,13,26H,12H2,1-3H3/b18-10+. The fourth-order valence-corrected chi connectivity index (χ4v) is 3.20. The number of nitriles is 1. The quantitative estimate of drug-likeness (QED) is 0.448. The van der Waals surface area contributed by atoms with Gasteiger partial charge < -0.3 is 14.3 Å². The number of esters is 1. The maximum atomic E-state index is 12.9. The van der Waals surface area contributed by atoms with Crippen molar-refractivity contribution in [1.82, 2.24) is 4.90 Å². The number of nitrogens with zero attached hydrogens (tertiary/aromatic N) is 2. The highest BCUT2D eigenvalue weighted by Crippen LogP contribution is 2.29. The largest absolute Gasteiger partial charge is 0.465 e. The lowest BCUT2D eigenvalue weighted by Crippen LogP contribution is -2.45. The van der Waals surface area contributed by atoms with Crippen molar-refractivity contribution in [3.63, 3.8) is 0 Å². The van der Waals surface area contributed by atoms with Gasteiger partial charge in [-0.15, -0.1) is 0 Å². The van der Waals surface area contributed by atoms with Crippen LogP contribution < -0.4 is 0 Å². The molecule has 2 amide bonds. The van der Waals surface area contributed by atoms with E-state index in [0.717, 1.165) is 4.90 Å². The van der Waals surface area contributed by atoms with Crippen LogP contribution in [0.15, 0.2) is 57.5 Å². The second-order valence-electron chi connectivity index (χ2n) is 7.01. The molecular weight excluding hydrogens is 400 g/mol. The van der Waals surface area contributed by atoms with Crippen LogP contribution in [-0.4, -0.2) is 47.5 Å². The molecule has 0 radical (unpaired) electrons. The van der Waals surface area contributed by atoms with E-state index in [4.69, 9.17) is 9.15 Å². The van der Waals surface area contributed by atoms with Gasteiger partial charge in [0.2, 0.25) is 0 Å². The van der Waals surface area contributed by atoms with Crippen molar-refractivity contribution < 1.29 is 28.6 Å². The van der Waals surface area contributed by atoms with Crippen LogP contribution in [0.2, 0.25) is 0 Å². The number of carbonyl (C=O) groups excluding carboxylic acids is 3. The summed E-state index contributed by atoms with van der Waals surface area (Å²) < 4.78 is 10.5. The van der Waals surface area contributed by atoms with Crippen molar-refractivity contribution in [1.29, 1.82) is 5.26 Å². The molecule has 1 unspecified atom stereocenters. The van der Waals surface area contributed by atoms with Crippen LogP contribution in [0.1, 0.15) is 30.0 Å². The summed E-state index contributed by atoms with van der Waals surface area (Å²) in [5.41, 5.74) is 1.21. The minimum Gasteiger partial charge on any atom is -0.465 e. The first-order valence-electron chi connectivity index (χ1n) is 9.42. The first-order valence-corrected chi connectivity index (χ1v) is 9.42. The molecule has 1 N–H and O–H groups in total. The highest BCUT2D eigenvalue weighted by molar-refractivity contribution is 6.19. The van der Waals surface area contributed by atoms with Crippen molar-refractivity contribution in [3.8, 4) is 17.4 Å². The summed E-state index contributed by atoms with van der Waals surface area (Å²) in [6, 6.07) is 11.8. The minimum absolute atomic E-state index is 0.126. The van der Waals surface area contributed by atoms with E-state index < -0.39 is 23.9 Å². The van der Waals surface area contributed by atoms with E-state index >= 15 is 0 Å². The van der Waals surface area contributed by atoms with Crippen LogP contribution in [0.5, 0.6) is 0 Å². The molecule has 0 saturated heterocycles. The SMILES string of the molecule is COC(=O)c1cccc(-c2ccc(/C=C3/C(=O)N(CC(C)O)C(=O)C(C#N)=C3C)o2)c1. The molecule has 8 heteroatoms. The van der Waals surface area contributed by atoms with Gasteiger partial charge in [-0.1, -0.05) is 12.1 Å². The zero-order chi connectivity index (χ0) is 22.7. The third kappa shape index (κ3) is 4.32. The average molecular weight is 420 g/mol. The maximum Gasteiger partial charge on any atom is 0.337 e. The third-order valence-electron chi connectivity index (χ3n) is 4.75.